The normalized spacial score (nSPS) is 39.0. The summed E-state index contributed by atoms with van der Waals surface area (Å²) < 4.78 is 10.0. The lowest BCUT2D eigenvalue weighted by atomic mass is 10.3. The Morgan fingerprint density at radius 3 is 3.18 bits per heavy atom. The number of aliphatic hydroxyl groups excluding tert-OH is 1. The van der Waals surface area contributed by atoms with Gasteiger partial charge in [0.15, 0.2) is 12.4 Å². The number of hydrogen-bond acceptors (Lipinski definition) is 4. The average Bonchev–Trinajstić information content (AvgIpc) is 2.57. The SMILES string of the molecule is O=CC12OC(CCO)=CC1O2. The lowest BCUT2D eigenvalue weighted by Gasteiger charge is -2.06. The number of hydrogen-bond donors (Lipinski definition) is 1. The molecule has 1 N–H and O–H groups in total. The van der Waals surface area contributed by atoms with Gasteiger partial charge in [-0.1, -0.05) is 0 Å². The highest BCUT2D eigenvalue weighted by Crippen LogP contribution is 2.45. The monoisotopic (exact) mass is 156 g/mol. The van der Waals surface area contributed by atoms with E-state index in [1.54, 1.807) is 6.08 Å². The van der Waals surface area contributed by atoms with Gasteiger partial charge in [0.2, 0.25) is 0 Å². The van der Waals surface area contributed by atoms with E-state index in [-0.39, 0.29) is 12.7 Å². The lowest BCUT2D eigenvalue weighted by Crippen LogP contribution is -2.16. The van der Waals surface area contributed by atoms with Crippen LogP contribution in [0.3, 0.4) is 0 Å². The van der Waals surface area contributed by atoms with Crippen molar-refractivity contribution < 1.29 is 19.4 Å². The fraction of sp³-hybridized carbons (Fsp3) is 0.571. The van der Waals surface area contributed by atoms with Gasteiger partial charge < -0.3 is 14.6 Å². The molecule has 0 aromatic heterocycles. The third kappa shape index (κ3) is 0.868. The number of carbonyl (C=O) groups excluding carboxylic acids is 1. The van der Waals surface area contributed by atoms with Crippen molar-refractivity contribution in [3.63, 3.8) is 0 Å². The zero-order valence-corrected chi connectivity index (χ0v) is 5.82. The molecule has 0 bridgehead atoms. The molecule has 11 heavy (non-hydrogen) atoms. The Morgan fingerprint density at radius 2 is 2.64 bits per heavy atom. The van der Waals surface area contributed by atoms with Crippen molar-refractivity contribution in [2.45, 2.75) is 18.3 Å². The molecule has 4 nitrogen and oxygen atoms in total. The number of ether oxygens (including phenoxy) is 2. The Labute approximate surface area is 63.4 Å². The van der Waals surface area contributed by atoms with Crippen molar-refractivity contribution in [3.05, 3.63) is 11.8 Å². The number of rotatable bonds is 3. The van der Waals surface area contributed by atoms with Gasteiger partial charge in [0.25, 0.3) is 5.79 Å². The van der Waals surface area contributed by atoms with E-state index in [2.05, 4.69) is 0 Å². The van der Waals surface area contributed by atoms with Gasteiger partial charge in [0, 0.05) is 6.42 Å². The molecule has 0 saturated carbocycles. The summed E-state index contributed by atoms with van der Waals surface area (Å²) in [5, 5.41) is 8.53. The highest BCUT2D eigenvalue weighted by Gasteiger charge is 2.63. The van der Waals surface area contributed by atoms with Crippen LogP contribution in [0.1, 0.15) is 6.42 Å². The fourth-order valence-electron chi connectivity index (χ4n) is 1.17. The van der Waals surface area contributed by atoms with Gasteiger partial charge >= 0.3 is 0 Å². The van der Waals surface area contributed by atoms with Gasteiger partial charge in [-0.25, -0.2) is 0 Å². The van der Waals surface area contributed by atoms with E-state index in [1.165, 1.54) is 0 Å². The van der Waals surface area contributed by atoms with Crippen molar-refractivity contribution in [1.29, 1.82) is 0 Å². The van der Waals surface area contributed by atoms with Crippen molar-refractivity contribution in [3.8, 4) is 0 Å². The molecule has 0 aromatic rings. The number of fused-ring (bicyclic) bond motifs is 1. The second-order valence-electron chi connectivity index (χ2n) is 2.59. The Morgan fingerprint density at radius 1 is 1.82 bits per heavy atom. The second-order valence-corrected chi connectivity index (χ2v) is 2.59. The average molecular weight is 156 g/mol. The van der Waals surface area contributed by atoms with Gasteiger partial charge in [0.1, 0.15) is 5.76 Å². The summed E-state index contributed by atoms with van der Waals surface area (Å²) in [4.78, 5) is 10.4. The molecule has 0 aliphatic carbocycles. The van der Waals surface area contributed by atoms with Crippen LogP contribution in [0, 0.1) is 0 Å². The quantitative estimate of drug-likeness (QED) is 0.445. The van der Waals surface area contributed by atoms with Crippen LogP contribution in [-0.4, -0.2) is 29.9 Å². The number of epoxide rings is 1. The molecule has 2 aliphatic heterocycles. The summed E-state index contributed by atoms with van der Waals surface area (Å²) in [6.45, 7) is 0.0352. The Bertz CT molecular complexity index is 222. The topological polar surface area (TPSA) is 59.1 Å². The standard InChI is InChI=1S/C7H8O4/c8-2-1-5-3-6-7(4-9,10-5)11-6/h3-4,6,8H,1-2H2. The first kappa shape index (κ1) is 6.82. The molecule has 2 atom stereocenters. The van der Waals surface area contributed by atoms with Crippen molar-refractivity contribution in [2.75, 3.05) is 6.61 Å². The minimum atomic E-state index is -1.01. The molecule has 0 spiro atoms. The molecule has 0 radical (unpaired) electrons. The number of carbonyl (C=O) groups is 1. The zero-order chi connectivity index (χ0) is 7.90. The van der Waals surface area contributed by atoms with Crippen molar-refractivity contribution in [2.24, 2.45) is 0 Å². The largest absolute Gasteiger partial charge is 0.457 e. The molecular formula is C7H8O4. The van der Waals surface area contributed by atoms with Crippen LogP contribution >= 0.6 is 0 Å². The Hall–Kier alpha value is -0.870. The van der Waals surface area contributed by atoms with Crippen molar-refractivity contribution >= 4 is 6.29 Å². The summed E-state index contributed by atoms with van der Waals surface area (Å²) in [6.07, 6.45) is 2.63. The molecule has 60 valence electrons. The highest BCUT2D eigenvalue weighted by molar-refractivity contribution is 5.68. The summed E-state index contributed by atoms with van der Waals surface area (Å²) in [5.41, 5.74) is 0. The van der Waals surface area contributed by atoms with Gasteiger partial charge in [-0.15, -0.1) is 0 Å². The number of aldehydes is 1. The minimum absolute atomic E-state index is 0.0352. The molecule has 0 amide bonds. The third-order valence-corrected chi connectivity index (χ3v) is 1.80. The van der Waals surface area contributed by atoms with Crippen LogP contribution in [0.4, 0.5) is 0 Å². The van der Waals surface area contributed by atoms with E-state index in [0.717, 1.165) is 0 Å². The second kappa shape index (κ2) is 2.06. The maximum atomic E-state index is 10.4. The summed E-state index contributed by atoms with van der Waals surface area (Å²) in [7, 11) is 0. The molecule has 2 rings (SSSR count). The van der Waals surface area contributed by atoms with E-state index in [4.69, 9.17) is 14.6 Å². The van der Waals surface area contributed by atoms with Crippen LogP contribution in [0.2, 0.25) is 0 Å². The first-order valence-electron chi connectivity index (χ1n) is 3.45. The van der Waals surface area contributed by atoms with E-state index in [1.807, 2.05) is 0 Å². The van der Waals surface area contributed by atoms with Gasteiger partial charge in [-0.05, 0) is 6.08 Å². The molecule has 1 fully saturated rings. The first-order chi connectivity index (χ1) is 5.30. The lowest BCUT2D eigenvalue weighted by molar-refractivity contribution is -0.125. The predicted molar refractivity (Wildman–Crippen MR) is 34.5 cm³/mol. The number of aliphatic hydroxyl groups is 1. The molecule has 1 saturated heterocycles. The minimum Gasteiger partial charge on any atom is -0.457 e. The van der Waals surface area contributed by atoms with Gasteiger partial charge in [0.05, 0.1) is 6.61 Å². The van der Waals surface area contributed by atoms with Crippen molar-refractivity contribution in [1.82, 2.24) is 0 Å². The highest BCUT2D eigenvalue weighted by atomic mass is 16.8. The van der Waals surface area contributed by atoms with Crippen LogP contribution < -0.4 is 0 Å². The molecule has 0 aromatic carbocycles. The summed E-state index contributed by atoms with van der Waals surface area (Å²) in [6, 6.07) is 0. The van der Waals surface area contributed by atoms with E-state index in [9.17, 15) is 4.79 Å². The molecular weight excluding hydrogens is 148 g/mol. The zero-order valence-electron chi connectivity index (χ0n) is 5.82. The molecule has 2 heterocycles. The molecule has 4 heteroatoms. The summed E-state index contributed by atoms with van der Waals surface area (Å²) >= 11 is 0. The Balaban J connectivity index is 2.01. The van der Waals surface area contributed by atoms with Gasteiger partial charge in [-0.3, -0.25) is 4.79 Å². The third-order valence-electron chi connectivity index (χ3n) is 1.80. The van der Waals surface area contributed by atoms with Crippen LogP contribution in [0.25, 0.3) is 0 Å². The maximum absolute atomic E-state index is 10.4. The predicted octanol–water partition coefficient (Wildman–Crippen LogP) is -0.423. The van der Waals surface area contributed by atoms with E-state index >= 15 is 0 Å². The van der Waals surface area contributed by atoms with Crippen LogP contribution in [0.5, 0.6) is 0 Å². The maximum Gasteiger partial charge on any atom is 0.298 e. The fourth-order valence-corrected chi connectivity index (χ4v) is 1.17. The van der Waals surface area contributed by atoms with E-state index in [0.29, 0.717) is 18.5 Å². The van der Waals surface area contributed by atoms with Gasteiger partial charge in [-0.2, -0.15) is 0 Å². The first-order valence-corrected chi connectivity index (χ1v) is 3.45. The van der Waals surface area contributed by atoms with E-state index < -0.39 is 5.79 Å². The Kier molecular flexibility index (Phi) is 1.27. The smallest absolute Gasteiger partial charge is 0.298 e. The summed E-state index contributed by atoms with van der Waals surface area (Å²) in [5.74, 6) is -0.360. The molecule has 2 unspecified atom stereocenters. The van der Waals surface area contributed by atoms with Crippen LogP contribution in [0.15, 0.2) is 11.8 Å². The molecule has 2 aliphatic rings. The van der Waals surface area contributed by atoms with Crippen LogP contribution in [-0.2, 0) is 14.3 Å².